The quantitative estimate of drug-likeness (QED) is 0.183. The van der Waals surface area contributed by atoms with Gasteiger partial charge >= 0.3 is 0 Å². The molecule has 0 bridgehead atoms. The van der Waals surface area contributed by atoms with E-state index in [2.05, 4.69) is 125 Å². The van der Waals surface area contributed by atoms with Crippen molar-refractivity contribution >= 4 is 0 Å². The standard InChI is InChI=1S/2C16H30.2C15H28.2C14H26/c1-4-9-14-12(2)15-10-7-5-6-8-11-16(15)13(14)3;1-4-9-14-12(2)13(3)15-10-7-5-6-8-11-16(14)15;1-4-8-13-11(2)14-9-6-5-7-10-15(14)12(13)3;1-4-8-13-11(2)12(3)14-9-6-5-7-10-15(13)14;1-4-7-12-10(2)13-8-5-6-9-14(13)11(12)3;1-4-7-12-10(2)11(3)13-8-5-6-9-14(12)13/h2*12-16H,4-11H2,1-3H3;2*11-15H,4-10H2,1-3H3;2*10-14H,4-9H2,1-3H3. The average molecular weight is 1250 g/mol. The third-order valence-corrected chi connectivity index (χ3v) is 32.8. The topological polar surface area (TPSA) is 0 Å². The largest absolute Gasteiger partial charge is 0.0654 e. The molecule has 12 aliphatic carbocycles. The van der Waals surface area contributed by atoms with Gasteiger partial charge in [-0.2, -0.15) is 0 Å². The van der Waals surface area contributed by atoms with Crippen molar-refractivity contribution in [3.05, 3.63) is 0 Å². The fourth-order valence-electron chi connectivity index (χ4n) is 27.5. The molecule has 12 aliphatic rings. The number of hydrogen-bond donors (Lipinski definition) is 0. The summed E-state index contributed by atoms with van der Waals surface area (Å²) >= 11 is 0. The van der Waals surface area contributed by atoms with Crippen molar-refractivity contribution < 1.29 is 0 Å². The summed E-state index contributed by atoms with van der Waals surface area (Å²) in [4.78, 5) is 0. The van der Waals surface area contributed by atoms with E-state index < -0.39 is 0 Å². The summed E-state index contributed by atoms with van der Waals surface area (Å²) in [5, 5.41) is 0. The Morgan fingerprint density at radius 2 is 0.278 bits per heavy atom. The van der Waals surface area contributed by atoms with Gasteiger partial charge in [0.15, 0.2) is 0 Å². The lowest BCUT2D eigenvalue weighted by molar-refractivity contribution is 0.201. The molecule has 12 rings (SSSR count). The second kappa shape index (κ2) is 39.6. The van der Waals surface area contributed by atoms with Crippen molar-refractivity contribution in [2.45, 2.75) is 394 Å². The molecule has 12 fully saturated rings. The lowest BCUT2D eigenvalue weighted by Crippen LogP contribution is -2.21. The van der Waals surface area contributed by atoms with Crippen LogP contribution in [0.4, 0.5) is 0 Å². The van der Waals surface area contributed by atoms with Crippen LogP contribution in [0.2, 0.25) is 0 Å². The van der Waals surface area contributed by atoms with Gasteiger partial charge in [0.05, 0.1) is 0 Å². The van der Waals surface area contributed by atoms with Gasteiger partial charge in [0.1, 0.15) is 0 Å². The second-order valence-electron chi connectivity index (χ2n) is 36.8. The first-order valence-electron chi connectivity index (χ1n) is 43.5. The van der Waals surface area contributed by atoms with E-state index in [4.69, 9.17) is 0 Å². The van der Waals surface area contributed by atoms with Crippen molar-refractivity contribution in [3.8, 4) is 0 Å². The predicted octanol–water partition coefficient (Wildman–Crippen LogP) is 29.3. The first-order chi connectivity index (χ1) is 43.5. The highest BCUT2D eigenvalue weighted by Gasteiger charge is 2.50. The zero-order chi connectivity index (χ0) is 65.0. The third-order valence-electron chi connectivity index (χ3n) is 32.8. The van der Waals surface area contributed by atoms with Crippen molar-refractivity contribution in [3.63, 3.8) is 0 Å². The molecule has 27 atom stereocenters. The SMILES string of the molecule is CCCC1C(C)C(C)C2CCCCC12.CCCC1C(C)C(C)C2CCCCCC12.CCCC1C(C)C(C)C2CCCCCCC12.CCCC1C(C)C2CCCCC2C1C.CCCC1C(C)C2CCCCCC2C1C.CCCC1C(C)C2CCCCCCC2C1C. The van der Waals surface area contributed by atoms with Crippen LogP contribution in [0, 0.1) is 178 Å². The van der Waals surface area contributed by atoms with Crippen molar-refractivity contribution in [1.29, 1.82) is 0 Å². The normalized spacial score (nSPS) is 46.2. The van der Waals surface area contributed by atoms with Crippen LogP contribution in [0.25, 0.3) is 0 Å². The molecule has 0 aliphatic heterocycles. The second-order valence-corrected chi connectivity index (χ2v) is 36.8. The van der Waals surface area contributed by atoms with Gasteiger partial charge in [0.25, 0.3) is 0 Å². The third kappa shape index (κ3) is 19.3. The summed E-state index contributed by atoms with van der Waals surface area (Å²) < 4.78 is 0. The summed E-state index contributed by atoms with van der Waals surface area (Å²) in [5.41, 5.74) is 0. The van der Waals surface area contributed by atoms with Crippen LogP contribution < -0.4 is 0 Å². The maximum absolute atomic E-state index is 2.56. The highest BCUT2D eigenvalue weighted by atomic mass is 14.6. The molecule has 0 N–H and O–H groups in total. The van der Waals surface area contributed by atoms with E-state index in [9.17, 15) is 0 Å². The van der Waals surface area contributed by atoms with Gasteiger partial charge in [-0.1, -0.05) is 317 Å². The van der Waals surface area contributed by atoms with Crippen LogP contribution in [0.1, 0.15) is 394 Å². The molecule has 0 aromatic rings. The van der Waals surface area contributed by atoms with E-state index in [1.54, 1.807) is 19.3 Å². The van der Waals surface area contributed by atoms with Crippen molar-refractivity contribution in [1.82, 2.24) is 0 Å². The molecule has 0 spiro atoms. The Morgan fingerprint density at radius 1 is 0.144 bits per heavy atom. The maximum atomic E-state index is 2.56. The highest BCUT2D eigenvalue weighted by Crippen LogP contribution is 2.58. The Morgan fingerprint density at radius 3 is 0.456 bits per heavy atom. The minimum Gasteiger partial charge on any atom is -0.0654 e. The zero-order valence-corrected chi connectivity index (χ0v) is 65.0. The first kappa shape index (κ1) is 77.4. The van der Waals surface area contributed by atoms with Gasteiger partial charge in [-0.25, -0.2) is 0 Å². The van der Waals surface area contributed by atoms with E-state index >= 15 is 0 Å². The van der Waals surface area contributed by atoms with Gasteiger partial charge in [-0.3, -0.25) is 0 Å². The van der Waals surface area contributed by atoms with E-state index in [0.717, 1.165) is 178 Å². The zero-order valence-electron chi connectivity index (χ0n) is 65.0. The van der Waals surface area contributed by atoms with E-state index in [0.29, 0.717) is 0 Å². The molecule has 0 aromatic heterocycles. The first-order valence-corrected chi connectivity index (χ1v) is 43.5. The van der Waals surface area contributed by atoms with Crippen LogP contribution in [-0.4, -0.2) is 0 Å². The fraction of sp³-hybridized carbons (Fsp3) is 1.00. The molecular formula is C90H168. The lowest BCUT2D eigenvalue weighted by Gasteiger charge is -2.30. The van der Waals surface area contributed by atoms with Crippen molar-refractivity contribution in [2.24, 2.45) is 178 Å². The summed E-state index contributed by atoms with van der Waals surface area (Å²) in [6, 6.07) is 0. The van der Waals surface area contributed by atoms with Crippen LogP contribution in [0.3, 0.4) is 0 Å². The highest BCUT2D eigenvalue weighted by molar-refractivity contribution is 5.00. The number of hydrogen-bond acceptors (Lipinski definition) is 0. The molecule has 0 heterocycles. The molecule has 0 heteroatoms. The van der Waals surface area contributed by atoms with E-state index in [1.165, 1.54) is 250 Å². The minimum absolute atomic E-state index is 0.994. The predicted molar refractivity (Wildman–Crippen MR) is 401 cm³/mol. The summed E-state index contributed by atoms with van der Waals surface area (Å²) in [6.45, 7) is 44.6. The Labute approximate surface area is 568 Å². The minimum atomic E-state index is 0.994. The van der Waals surface area contributed by atoms with Crippen LogP contribution in [0.5, 0.6) is 0 Å². The Balaban J connectivity index is 0.000000154. The lowest BCUT2D eigenvalue weighted by atomic mass is 9.75. The van der Waals surface area contributed by atoms with Crippen LogP contribution in [-0.2, 0) is 0 Å². The number of rotatable bonds is 12. The van der Waals surface area contributed by atoms with Gasteiger partial charge in [-0.15, -0.1) is 0 Å². The molecule has 528 valence electrons. The molecule has 0 aromatic carbocycles. The average Bonchev–Trinajstić information content (AvgIpc) is 2.44. The molecule has 0 amide bonds. The molecular weight excluding hydrogens is 1080 g/mol. The molecule has 12 saturated carbocycles. The Hall–Kier alpha value is 0. The fourth-order valence-corrected chi connectivity index (χ4v) is 27.5. The van der Waals surface area contributed by atoms with Crippen molar-refractivity contribution in [2.75, 3.05) is 0 Å². The monoisotopic (exact) mass is 1250 g/mol. The van der Waals surface area contributed by atoms with Gasteiger partial charge in [-0.05, 0) is 255 Å². The molecule has 90 heavy (non-hydrogen) atoms. The van der Waals surface area contributed by atoms with Crippen LogP contribution >= 0.6 is 0 Å². The molecule has 27 unspecified atom stereocenters. The molecule has 0 saturated heterocycles. The smallest absolute Gasteiger partial charge is 0.0352 e. The maximum Gasteiger partial charge on any atom is -0.0352 e. The van der Waals surface area contributed by atoms with Gasteiger partial charge in [0.2, 0.25) is 0 Å². The van der Waals surface area contributed by atoms with E-state index in [-0.39, 0.29) is 0 Å². The molecule has 0 nitrogen and oxygen atoms in total. The Kier molecular flexibility index (Phi) is 34.0. The van der Waals surface area contributed by atoms with Gasteiger partial charge in [0, 0.05) is 0 Å². The Bertz CT molecular complexity index is 1780. The van der Waals surface area contributed by atoms with Crippen LogP contribution in [0.15, 0.2) is 0 Å². The van der Waals surface area contributed by atoms with Gasteiger partial charge < -0.3 is 0 Å². The van der Waals surface area contributed by atoms with E-state index in [1.807, 2.05) is 0 Å². The summed E-state index contributed by atoms with van der Waals surface area (Å²) in [6.07, 6.45) is 62.9. The number of fused-ring (bicyclic) bond motifs is 6. The summed E-state index contributed by atoms with van der Waals surface area (Å²) in [7, 11) is 0. The molecule has 0 radical (unpaired) electrons. The summed E-state index contributed by atoms with van der Waals surface area (Å²) in [5.74, 6) is 31.5.